The van der Waals surface area contributed by atoms with E-state index in [4.69, 9.17) is 9.47 Å². The minimum Gasteiger partial charge on any atom is -0.347 e. The predicted octanol–water partition coefficient (Wildman–Crippen LogP) is 5.21. The number of rotatable bonds is 0. The lowest BCUT2D eigenvalue weighted by Gasteiger charge is -2.60. The third-order valence-corrected chi connectivity index (χ3v) is 10.3. The summed E-state index contributed by atoms with van der Waals surface area (Å²) in [5.41, 5.74) is 1.70. The molecule has 0 aromatic carbocycles. The molecular weight excluding hydrogens is 348 g/mol. The molecule has 5 aliphatic carbocycles. The van der Waals surface area contributed by atoms with Crippen molar-refractivity contribution >= 4 is 5.78 Å². The fraction of sp³-hybridized carbons (Fsp3) is 0.800. The third-order valence-electron chi connectivity index (χ3n) is 10.3. The van der Waals surface area contributed by atoms with E-state index in [0.29, 0.717) is 17.6 Å². The maximum Gasteiger partial charge on any atom is 0.174 e. The maximum absolute atomic E-state index is 13.1. The van der Waals surface area contributed by atoms with Gasteiger partial charge >= 0.3 is 0 Å². The Morgan fingerprint density at radius 2 is 1.68 bits per heavy atom. The van der Waals surface area contributed by atoms with Gasteiger partial charge < -0.3 is 9.47 Å². The van der Waals surface area contributed by atoms with Crippen LogP contribution in [0.15, 0.2) is 23.8 Å². The van der Waals surface area contributed by atoms with Gasteiger partial charge in [-0.3, -0.25) is 4.79 Å². The number of ketones is 1. The van der Waals surface area contributed by atoms with Gasteiger partial charge in [-0.05, 0) is 68.1 Å². The van der Waals surface area contributed by atoms with E-state index in [9.17, 15) is 4.79 Å². The molecule has 1 saturated heterocycles. The first-order chi connectivity index (χ1) is 13.5. The van der Waals surface area contributed by atoms with Gasteiger partial charge in [0.05, 0.1) is 18.6 Å². The highest BCUT2D eigenvalue weighted by Crippen LogP contribution is 2.70. The largest absolute Gasteiger partial charge is 0.347 e. The van der Waals surface area contributed by atoms with Crippen molar-refractivity contribution in [3.63, 3.8) is 0 Å². The van der Waals surface area contributed by atoms with Crippen LogP contribution in [-0.4, -0.2) is 24.8 Å². The van der Waals surface area contributed by atoms with Crippen LogP contribution < -0.4 is 0 Å². The van der Waals surface area contributed by atoms with Gasteiger partial charge in [-0.15, -0.1) is 0 Å². The SMILES string of the molecule is CC12CCC(=O)C3(CC=CC3)C1=CCC1C2CCC2(C)C1CCC21OCCO1. The molecule has 1 heterocycles. The van der Waals surface area contributed by atoms with Gasteiger partial charge in [0.25, 0.3) is 0 Å². The molecule has 5 atom stereocenters. The zero-order valence-electron chi connectivity index (χ0n) is 17.5. The Hall–Kier alpha value is -0.930. The van der Waals surface area contributed by atoms with Crippen LogP contribution in [-0.2, 0) is 14.3 Å². The zero-order chi connectivity index (χ0) is 19.2. The molecule has 0 aromatic rings. The van der Waals surface area contributed by atoms with Gasteiger partial charge in [-0.1, -0.05) is 37.6 Å². The number of hydrogen-bond acceptors (Lipinski definition) is 3. The Morgan fingerprint density at radius 1 is 0.964 bits per heavy atom. The summed E-state index contributed by atoms with van der Waals surface area (Å²) in [6.45, 7) is 6.49. The van der Waals surface area contributed by atoms with Crippen molar-refractivity contribution in [1.29, 1.82) is 0 Å². The van der Waals surface area contributed by atoms with Crippen LogP contribution in [0, 0.1) is 34.0 Å². The van der Waals surface area contributed by atoms with E-state index in [1.54, 1.807) is 0 Å². The second-order valence-electron chi connectivity index (χ2n) is 11.0. The molecule has 0 bridgehead atoms. The van der Waals surface area contributed by atoms with E-state index < -0.39 is 0 Å². The quantitative estimate of drug-likeness (QED) is 0.540. The van der Waals surface area contributed by atoms with E-state index in [2.05, 4.69) is 32.1 Å². The summed E-state index contributed by atoms with van der Waals surface area (Å²) in [7, 11) is 0. The molecule has 6 aliphatic rings. The van der Waals surface area contributed by atoms with E-state index >= 15 is 0 Å². The predicted molar refractivity (Wildman–Crippen MR) is 108 cm³/mol. The third kappa shape index (κ3) is 1.92. The standard InChI is InChI=1S/C25H34O3/c1-22-12-9-21(26)24(10-3-4-11-24)20(22)6-5-17-18(22)7-13-23(2)19(17)8-14-25(23)27-15-16-28-25/h3-4,6,17-19H,5,7-16H2,1-2H3. The molecule has 5 unspecified atom stereocenters. The highest BCUT2D eigenvalue weighted by molar-refractivity contribution is 5.90. The Kier molecular flexibility index (Phi) is 3.58. The van der Waals surface area contributed by atoms with Crippen LogP contribution in [0.25, 0.3) is 0 Å². The van der Waals surface area contributed by atoms with Crippen molar-refractivity contribution in [3.05, 3.63) is 23.8 Å². The molecule has 3 heteroatoms. The highest BCUT2D eigenvalue weighted by Gasteiger charge is 2.67. The summed E-state index contributed by atoms with van der Waals surface area (Å²) in [6, 6.07) is 0. The van der Waals surface area contributed by atoms with E-state index in [-0.39, 0.29) is 22.0 Å². The van der Waals surface area contributed by atoms with Gasteiger partial charge in [0, 0.05) is 18.3 Å². The lowest BCUT2D eigenvalue weighted by Crippen LogP contribution is -2.57. The van der Waals surface area contributed by atoms with E-state index in [1.165, 1.54) is 24.8 Å². The van der Waals surface area contributed by atoms with Gasteiger partial charge in [0.1, 0.15) is 5.78 Å². The van der Waals surface area contributed by atoms with Crippen LogP contribution in [0.4, 0.5) is 0 Å². The van der Waals surface area contributed by atoms with Gasteiger partial charge in [0.2, 0.25) is 0 Å². The molecule has 4 fully saturated rings. The molecule has 1 aliphatic heterocycles. The fourth-order valence-corrected chi connectivity index (χ4v) is 8.90. The van der Waals surface area contributed by atoms with Crippen LogP contribution in [0.1, 0.15) is 71.6 Å². The first kappa shape index (κ1) is 17.9. The van der Waals surface area contributed by atoms with Crippen molar-refractivity contribution < 1.29 is 14.3 Å². The Balaban J connectivity index is 1.39. The summed E-state index contributed by atoms with van der Waals surface area (Å²) < 4.78 is 12.6. The lowest BCUT2D eigenvalue weighted by molar-refractivity contribution is -0.242. The molecule has 0 radical (unpaired) electrons. The van der Waals surface area contributed by atoms with Gasteiger partial charge in [-0.2, -0.15) is 0 Å². The summed E-state index contributed by atoms with van der Waals surface area (Å²) in [4.78, 5) is 13.1. The zero-order valence-corrected chi connectivity index (χ0v) is 17.5. The molecule has 6 rings (SSSR count). The number of hydrogen-bond donors (Lipinski definition) is 0. The first-order valence-corrected chi connectivity index (χ1v) is 11.6. The fourth-order valence-electron chi connectivity index (χ4n) is 8.90. The van der Waals surface area contributed by atoms with E-state index in [0.717, 1.165) is 57.7 Å². The highest BCUT2D eigenvalue weighted by atomic mass is 16.7. The molecular formula is C25H34O3. The molecule has 2 spiro atoms. The Morgan fingerprint density at radius 3 is 2.43 bits per heavy atom. The lowest BCUT2D eigenvalue weighted by atomic mass is 9.44. The average Bonchev–Trinajstić information content (AvgIpc) is 3.41. The van der Waals surface area contributed by atoms with Crippen molar-refractivity contribution in [2.45, 2.75) is 77.4 Å². The van der Waals surface area contributed by atoms with Gasteiger partial charge in [-0.25, -0.2) is 0 Å². The molecule has 0 aromatic heterocycles. The monoisotopic (exact) mass is 382 g/mol. The molecule has 3 saturated carbocycles. The average molecular weight is 383 g/mol. The number of carbonyl (C=O) groups is 1. The maximum atomic E-state index is 13.1. The topological polar surface area (TPSA) is 35.5 Å². The number of carbonyl (C=O) groups excluding carboxylic acids is 1. The van der Waals surface area contributed by atoms with Gasteiger partial charge in [0.15, 0.2) is 5.79 Å². The summed E-state index contributed by atoms with van der Waals surface area (Å²) in [5, 5.41) is 0. The summed E-state index contributed by atoms with van der Waals surface area (Å²) in [5.74, 6) is 2.32. The Labute approximate surface area is 168 Å². The minimum atomic E-state index is -0.313. The normalized spacial score (nSPS) is 47.9. The molecule has 28 heavy (non-hydrogen) atoms. The summed E-state index contributed by atoms with van der Waals surface area (Å²) >= 11 is 0. The first-order valence-electron chi connectivity index (χ1n) is 11.6. The number of fused-ring (bicyclic) bond motifs is 7. The molecule has 3 nitrogen and oxygen atoms in total. The number of ether oxygens (including phenoxy) is 2. The van der Waals surface area contributed by atoms with Crippen molar-refractivity contribution in [2.24, 2.45) is 34.0 Å². The molecule has 0 amide bonds. The van der Waals surface area contributed by atoms with Crippen LogP contribution in [0.3, 0.4) is 0 Å². The van der Waals surface area contributed by atoms with Crippen molar-refractivity contribution in [3.8, 4) is 0 Å². The molecule has 0 N–H and O–H groups in total. The number of allylic oxidation sites excluding steroid dienone is 4. The summed E-state index contributed by atoms with van der Waals surface area (Å²) in [6.07, 6.45) is 16.7. The second-order valence-corrected chi connectivity index (χ2v) is 11.0. The van der Waals surface area contributed by atoms with E-state index in [1.807, 2.05) is 0 Å². The number of Topliss-reactive ketones (excluding diaryl/α,β-unsaturated/α-hetero) is 1. The smallest absolute Gasteiger partial charge is 0.174 e. The van der Waals surface area contributed by atoms with Crippen LogP contribution in [0.5, 0.6) is 0 Å². The van der Waals surface area contributed by atoms with Crippen LogP contribution >= 0.6 is 0 Å². The minimum absolute atomic E-state index is 0.156. The van der Waals surface area contributed by atoms with Crippen molar-refractivity contribution in [2.75, 3.05) is 13.2 Å². The molecule has 152 valence electrons. The Bertz CT molecular complexity index is 765. The second kappa shape index (κ2) is 5.60. The van der Waals surface area contributed by atoms with Crippen LogP contribution in [0.2, 0.25) is 0 Å². The van der Waals surface area contributed by atoms with Crippen molar-refractivity contribution in [1.82, 2.24) is 0 Å².